The van der Waals surface area contributed by atoms with E-state index in [2.05, 4.69) is 23.8 Å². The first-order chi connectivity index (χ1) is 7.34. The van der Waals surface area contributed by atoms with Crippen molar-refractivity contribution < 1.29 is 0 Å². The molecule has 1 unspecified atom stereocenters. The van der Waals surface area contributed by atoms with Gasteiger partial charge in [-0.05, 0) is 6.42 Å². The molecule has 86 valence electrons. The molecule has 0 saturated heterocycles. The Morgan fingerprint density at radius 3 is 2.60 bits per heavy atom. The summed E-state index contributed by atoms with van der Waals surface area (Å²) >= 11 is 0. The van der Waals surface area contributed by atoms with Gasteiger partial charge in [-0.25, -0.2) is 4.98 Å². The Hall–Kier alpha value is -0.790. The maximum Gasteiger partial charge on any atom is 0.108 e. The van der Waals surface area contributed by atoms with Crippen LogP contribution in [0, 0.1) is 0 Å². The highest BCUT2D eigenvalue weighted by Crippen LogP contribution is 2.18. The van der Waals surface area contributed by atoms with Crippen molar-refractivity contribution in [2.24, 2.45) is 0 Å². The van der Waals surface area contributed by atoms with Gasteiger partial charge >= 0.3 is 0 Å². The minimum atomic E-state index is 0.589. The Balaban J connectivity index is 2.00. The second-order valence-electron chi connectivity index (χ2n) is 4.43. The number of rotatable bonds is 8. The lowest BCUT2D eigenvalue weighted by molar-refractivity contribution is 0.547. The molecule has 0 aliphatic heterocycles. The van der Waals surface area contributed by atoms with Crippen LogP contribution in [-0.4, -0.2) is 9.97 Å². The number of hydrogen-bond acceptors (Lipinski definition) is 1. The molecule has 1 heterocycles. The van der Waals surface area contributed by atoms with E-state index >= 15 is 0 Å². The van der Waals surface area contributed by atoms with Crippen LogP contribution < -0.4 is 0 Å². The molecule has 0 aliphatic rings. The highest BCUT2D eigenvalue weighted by Gasteiger charge is 2.06. The standard InChI is InChI=1S/C13H24N2/c1-3-4-5-6-7-8-9-12(2)13-14-10-11-15-13/h10-12H,3-9H2,1-2H3,(H,14,15). The summed E-state index contributed by atoms with van der Waals surface area (Å²) in [6.07, 6.45) is 13.3. The molecule has 1 aromatic rings. The third-order valence-electron chi connectivity index (χ3n) is 2.98. The number of nitrogens with zero attached hydrogens (tertiary/aromatic N) is 1. The van der Waals surface area contributed by atoms with E-state index in [0.717, 1.165) is 5.82 Å². The summed E-state index contributed by atoms with van der Waals surface area (Å²) in [7, 11) is 0. The van der Waals surface area contributed by atoms with Crippen molar-refractivity contribution in [3.05, 3.63) is 18.2 Å². The summed E-state index contributed by atoms with van der Waals surface area (Å²) in [4.78, 5) is 7.48. The van der Waals surface area contributed by atoms with Crippen molar-refractivity contribution in [2.75, 3.05) is 0 Å². The maximum absolute atomic E-state index is 4.29. The van der Waals surface area contributed by atoms with Crippen LogP contribution in [0.2, 0.25) is 0 Å². The van der Waals surface area contributed by atoms with Gasteiger partial charge in [0, 0.05) is 18.3 Å². The van der Waals surface area contributed by atoms with Gasteiger partial charge in [-0.1, -0.05) is 52.4 Å². The number of H-pyrrole nitrogens is 1. The lowest BCUT2D eigenvalue weighted by Gasteiger charge is -2.07. The first kappa shape index (κ1) is 12.3. The second kappa shape index (κ2) is 7.49. The number of aromatic nitrogens is 2. The minimum Gasteiger partial charge on any atom is -0.348 e. The Kier molecular flexibility index (Phi) is 6.14. The quantitative estimate of drug-likeness (QED) is 0.635. The van der Waals surface area contributed by atoms with Gasteiger partial charge < -0.3 is 4.98 Å². The third kappa shape index (κ3) is 5.01. The fraction of sp³-hybridized carbons (Fsp3) is 0.769. The SMILES string of the molecule is CCCCCCCCC(C)c1ncc[nH]1. The average Bonchev–Trinajstić information content (AvgIpc) is 2.76. The van der Waals surface area contributed by atoms with Gasteiger partial charge in [0.1, 0.15) is 5.82 Å². The average molecular weight is 208 g/mol. The predicted molar refractivity (Wildman–Crippen MR) is 65.0 cm³/mol. The lowest BCUT2D eigenvalue weighted by atomic mass is 10.0. The molecule has 0 bridgehead atoms. The Labute approximate surface area is 93.5 Å². The molecule has 1 aromatic heterocycles. The van der Waals surface area contributed by atoms with Gasteiger partial charge in [0.2, 0.25) is 0 Å². The van der Waals surface area contributed by atoms with Crippen LogP contribution in [-0.2, 0) is 0 Å². The van der Waals surface area contributed by atoms with Gasteiger partial charge in [-0.15, -0.1) is 0 Å². The van der Waals surface area contributed by atoms with Gasteiger partial charge in [-0.2, -0.15) is 0 Å². The van der Waals surface area contributed by atoms with Gasteiger partial charge in [0.25, 0.3) is 0 Å². The topological polar surface area (TPSA) is 28.7 Å². The van der Waals surface area contributed by atoms with Crippen molar-refractivity contribution in [2.45, 2.75) is 64.7 Å². The molecule has 1 atom stereocenters. The first-order valence-corrected chi connectivity index (χ1v) is 6.34. The molecule has 0 fully saturated rings. The van der Waals surface area contributed by atoms with E-state index in [-0.39, 0.29) is 0 Å². The largest absolute Gasteiger partial charge is 0.348 e. The molecule has 0 radical (unpaired) electrons. The van der Waals surface area contributed by atoms with E-state index in [0.29, 0.717) is 5.92 Å². The van der Waals surface area contributed by atoms with E-state index in [1.54, 1.807) is 0 Å². The number of nitrogens with one attached hydrogen (secondary N) is 1. The fourth-order valence-corrected chi connectivity index (χ4v) is 1.91. The number of unbranched alkanes of at least 4 members (excludes halogenated alkanes) is 5. The zero-order chi connectivity index (χ0) is 10.9. The van der Waals surface area contributed by atoms with Crippen molar-refractivity contribution >= 4 is 0 Å². The summed E-state index contributed by atoms with van der Waals surface area (Å²) in [6, 6.07) is 0. The van der Waals surface area contributed by atoms with Crippen LogP contribution in [0.1, 0.15) is 70.5 Å². The number of imidazole rings is 1. The monoisotopic (exact) mass is 208 g/mol. The van der Waals surface area contributed by atoms with Crippen molar-refractivity contribution in [1.82, 2.24) is 9.97 Å². The maximum atomic E-state index is 4.29. The third-order valence-corrected chi connectivity index (χ3v) is 2.98. The minimum absolute atomic E-state index is 0.589. The molecular formula is C13H24N2. The van der Waals surface area contributed by atoms with Crippen LogP contribution in [0.15, 0.2) is 12.4 Å². The van der Waals surface area contributed by atoms with E-state index in [4.69, 9.17) is 0 Å². The highest BCUT2D eigenvalue weighted by atomic mass is 14.9. The molecule has 1 rings (SSSR count). The van der Waals surface area contributed by atoms with Crippen LogP contribution in [0.3, 0.4) is 0 Å². The van der Waals surface area contributed by atoms with E-state index in [1.807, 2.05) is 12.4 Å². The van der Waals surface area contributed by atoms with Crippen LogP contribution in [0.4, 0.5) is 0 Å². The van der Waals surface area contributed by atoms with E-state index < -0.39 is 0 Å². The molecule has 0 saturated carbocycles. The summed E-state index contributed by atoms with van der Waals surface area (Å²) in [5.41, 5.74) is 0. The fourth-order valence-electron chi connectivity index (χ4n) is 1.91. The summed E-state index contributed by atoms with van der Waals surface area (Å²) in [5, 5.41) is 0. The van der Waals surface area contributed by atoms with Gasteiger partial charge in [-0.3, -0.25) is 0 Å². The summed E-state index contributed by atoms with van der Waals surface area (Å²) in [6.45, 7) is 4.52. The number of hydrogen-bond donors (Lipinski definition) is 1. The second-order valence-corrected chi connectivity index (χ2v) is 4.43. The molecule has 0 amide bonds. The molecule has 2 heteroatoms. The van der Waals surface area contributed by atoms with E-state index in [1.165, 1.54) is 44.9 Å². The molecule has 2 nitrogen and oxygen atoms in total. The van der Waals surface area contributed by atoms with Crippen LogP contribution in [0.25, 0.3) is 0 Å². The van der Waals surface area contributed by atoms with Crippen molar-refractivity contribution in [1.29, 1.82) is 0 Å². The predicted octanol–water partition coefficient (Wildman–Crippen LogP) is 4.26. The smallest absolute Gasteiger partial charge is 0.108 e. The lowest BCUT2D eigenvalue weighted by Crippen LogP contribution is -1.96. The Bertz CT molecular complexity index is 229. The Morgan fingerprint density at radius 2 is 1.93 bits per heavy atom. The van der Waals surface area contributed by atoms with Crippen molar-refractivity contribution in [3.63, 3.8) is 0 Å². The molecule has 15 heavy (non-hydrogen) atoms. The normalized spacial score (nSPS) is 12.9. The molecule has 0 aromatic carbocycles. The number of aromatic amines is 1. The van der Waals surface area contributed by atoms with Gasteiger partial charge in [0.05, 0.1) is 0 Å². The van der Waals surface area contributed by atoms with Gasteiger partial charge in [0.15, 0.2) is 0 Å². The highest BCUT2D eigenvalue weighted by molar-refractivity contribution is 4.94. The Morgan fingerprint density at radius 1 is 1.20 bits per heavy atom. The molecule has 1 N–H and O–H groups in total. The van der Waals surface area contributed by atoms with E-state index in [9.17, 15) is 0 Å². The van der Waals surface area contributed by atoms with Crippen LogP contribution >= 0.6 is 0 Å². The zero-order valence-electron chi connectivity index (χ0n) is 10.1. The zero-order valence-corrected chi connectivity index (χ0v) is 10.1. The molecular weight excluding hydrogens is 184 g/mol. The first-order valence-electron chi connectivity index (χ1n) is 6.34. The molecule has 0 aliphatic carbocycles. The summed E-state index contributed by atoms with van der Waals surface area (Å²) in [5.74, 6) is 1.73. The van der Waals surface area contributed by atoms with Crippen molar-refractivity contribution in [3.8, 4) is 0 Å². The van der Waals surface area contributed by atoms with Crippen LogP contribution in [0.5, 0.6) is 0 Å². The summed E-state index contributed by atoms with van der Waals surface area (Å²) < 4.78 is 0. The molecule has 0 spiro atoms.